The molecule has 0 bridgehead atoms. The molecule has 1 aliphatic rings. The molecule has 10 heteroatoms. The van der Waals surface area contributed by atoms with Gasteiger partial charge in [-0.05, 0) is 18.2 Å². The van der Waals surface area contributed by atoms with E-state index in [2.05, 4.69) is 20.2 Å². The van der Waals surface area contributed by atoms with Crippen LogP contribution in [0.3, 0.4) is 0 Å². The van der Waals surface area contributed by atoms with Crippen molar-refractivity contribution < 1.29 is 9.84 Å². The Morgan fingerprint density at radius 1 is 1.27 bits per heavy atom. The quantitative estimate of drug-likeness (QED) is 0.263. The van der Waals surface area contributed by atoms with E-state index in [1.54, 1.807) is 18.5 Å². The fourth-order valence-corrected chi connectivity index (χ4v) is 3.84. The maximum atomic E-state index is 9.37. The molecule has 4 heterocycles. The van der Waals surface area contributed by atoms with Crippen LogP contribution in [0.5, 0.6) is 0 Å². The summed E-state index contributed by atoms with van der Waals surface area (Å²) in [6.45, 7) is 1.89. The predicted molar refractivity (Wildman–Crippen MR) is 127 cm³/mol. The molecule has 10 nitrogen and oxygen atoms in total. The summed E-state index contributed by atoms with van der Waals surface area (Å²) in [6.07, 6.45) is 8.26. The summed E-state index contributed by atoms with van der Waals surface area (Å²) in [5, 5.41) is 20.1. The third-order valence-electron chi connectivity index (χ3n) is 5.59. The van der Waals surface area contributed by atoms with Gasteiger partial charge in [0.15, 0.2) is 11.5 Å². The van der Waals surface area contributed by atoms with Gasteiger partial charge < -0.3 is 35.6 Å². The van der Waals surface area contributed by atoms with Gasteiger partial charge >= 0.3 is 0 Å². The molecule has 5 rings (SSSR count). The number of anilines is 4. The van der Waals surface area contributed by atoms with Crippen molar-refractivity contribution in [2.45, 2.75) is 6.10 Å². The van der Waals surface area contributed by atoms with Gasteiger partial charge in [-0.2, -0.15) is 0 Å². The lowest BCUT2D eigenvalue weighted by atomic mass is 10.1. The van der Waals surface area contributed by atoms with Gasteiger partial charge in [-0.3, -0.25) is 0 Å². The number of benzene rings is 1. The van der Waals surface area contributed by atoms with Crippen LogP contribution in [-0.4, -0.2) is 63.1 Å². The Balaban J connectivity index is 1.42. The van der Waals surface area contributed by atoms with E-state index < -0.39 is 0 Å². The standard InChI is InChI=1S/C23H24N8O2/c24-10-16-2-1-15(9-19(16)25)20-13-31-6-5-26-23(31)22(29-20)28-17-3-4-21(27-11-17)30-7-8-33-18(12-30)14-32/h1-6,9-11,13,18,24,32H,7-8,12,14,25H2,(H,28,29). The number of nitrogens with one attached hydrogen (secondary N) is 2. The van der Waals surface area contributed by atoms with Crippen LogP contribution in [-0.2, 0) is 4.74 Å². The number of ether oxygens (including phenoxy) is 1. The summed E-state index contributed by atoms with van der Waals surface area (Å²) in [5.74, 6) is 1.42. The maximum absolute atomic E-state index is 9.37. The molecule has 0 saturated carbocycles. The molecule has 1 fully saturated rings. The van der Waals surface area contributed by atoms with Crippen LogP contribution in [0.4, 0.5) is 23.0 Å². The smallest absolute Gasteiger partial charge is 0.180 e. The fourth-order valence-electron chi connectivity index (χ4n) is 3.84. The molecular weight excluding hydrogens is 420 g/mol. The van der Waals surface area contributed by atoms with Crippen molar-refractivity contribution in [3.8, 4) is 11.3 Å². The molecule has 3 aromatic heterocycles. The van der Waals surface area contributed by atoms with Crippen molar-refractivity contribution >= 4 is 34.9 Å². The van der Waals surface area contributed by atoms with Crippen LogP contribution in [0.15, 0.2) is 55.1 Å². The number of nitrogens with zero attached hydrogens (tertiary/aromatic N) is 5. The Bertz CT molecular complexity index is 1290. The van der Waals surface area contributed by atoms with Crippen LogP contribution in [0.2, 0.25) is 0 Å². The number of morpholine rings is 1. The highest BCUT2D eigenvalue weighted by molar-refractivity contribution is 5.87. The first kappa shape index (κ1) is 20.9. The van der Waals surface area contributed by atoms with Crippen LogP contribution in [0.1, 0.15) is 5.56 Å². The van der Waals surface area contributed by atoms with Crippen molar-refractivity contribution in [3.05, 3.63) is 60.7 Å². The van der Waals surface area contributed by atoms with Crippen LogP contribution in [0, 0.1) is 5.41 Å². The zero-order chi connectivity index (χ0) is 22.8. The van der Waals surface area contributed by atoms with E-state index in [0.717, 1.165) is 29.3 Å². The number of pyridine rings is 1. The normalized spacial score (nSPS) is 16.2. The zero-order valence-electron chi connectivity index (χ0n) is 17.8. The molecule has 4 aromatic rings. The number of nitrogens with two attached hydrogens (primary N) is 1. The largest absolute Gasteiger partial charge is 0.398 e. The van der Waals surface area contributed by atoms with Gasteiger partial charge in [-0.1, -0.05) is 12.1 Å². The number of hydrogen-bond acceptors (Lipinski definition) is 9. The van der Waals surface area contributed by atoms with Gasteiger partial charge in [-0.25, -0.2) is 15.0 Å². The third-order valence-corrected chi connectivity index (χ3v) is 5.59. The summed E-state index contributed by atoms with van der Waals surface area (Å²) in [5.41, 5.74) is 10.3. The molecule has 168 valence electrons. The van der Waals surface area contributed by atoms with Crippen molar-refractivity contribution in [2.24, 2.45) is 0 Å². The minimum atomic E-state index is -0.193. The highest BCUT2D eigenvalue weighted by Crippen LogP contribution is 2.27. The molecule has 0 aliphatic carbocycles. The van der Waals surface area contributed by atoms with Gasteiger partial charge in [0, 0.05) is 54.7 Å². The molecule has 1 aromatic carbocycles. The highest BCUT2D eigenvalue weighted by Gasteiger charge is 2.20. The second kappa shape index (κ2) is 8.85. The molecule has 5 N–H and O–H groups in total. The van der Waals surface area contributed by atoms with Crippen molar-refractivity contribution in [1.29, 1.82) is 5.41 Å². The van der Waals surface area contributed by atoms with Gasteiger partial charge in [0.2, 0.25) is 0 Å². The van der Waals surface area contributed by atoms with Crippen molar-refractivity contribution in [3.63, 3.8) is 0 Å². The SMILES string of the molecule is N=Cc1ccc(-c2cn3ccnc3c(Nc3ccc(N4CCOC(CO)C4)nc3)n2)cc1N. The second-order valence-electron chi connectivity index (χ2n) is 7.77. The maximum Gasteiger partial charge on any atom is 0.180 e. The Kier molecular flexibility index (Phi) is 5.59. The molecule has 0 amide bonds. The fraction of sp³-hybridized carbons (Fsp3) is 0.217. The minimum Gasteiger partial charge on any atom is -0.398 e. The second-order valence-corrected chi connectivity index (χ2v) is 7.77. The Labute approximate surface area is 190 Å². The van der Waals surface area contributed by atoms with Crippen molar-refractivity contribution in [1.82, 2.24) is 19.4 Å². The van der Waals surface area contributed by atoms with Gasteiger partial charge in [0.1, 0.15) is 5.82 Å². The highest BCUT2D eigenvalue weighted by atomic mass is 16.5. The number of nitrogen functional groups attached to an aromatic ring is 1. The first-order valence-corrected chi connectivity index (χ1v) is 10.6. The van der Waals surface area contributed by atoms with Crippen LogP contribution in [0.25, 0.3) is 16.9 Å². The molecule has 0 spiro atoms. The van der Waals surface area contributed by atoms with E-state index in [9.17, 15) is 5.11 Å². The Morgan fingerprint density at radius 3 is 2.94 bits per heavy atom. The lowest BCUT2D eigenvalue weighted by Crippen LogP contribution is -2.44. The monoisotopic (exact) mass is 444 g/mol. The number of aliphatic hydroxyl groups excluding tert-OH is 1. The molecule has 0 radical (unpaired) electrons. The first-order valence-electron chi connectivity index (χ1n) is 10.6. The molecule has 1 unspecified atom stereocenters. The number of aromatic nitrogens is 4. The third kappa shape index (κ3) is 4.21. The first-order chi connectivity index (χ1) is 16.1. The summed E-state index contributed by atoms with van der Waals surface area (Å²) in [4.78, 5) is 15.9. The average molecular weight is 444 g/mol. The van der Waals surface area contributed by atoms with E-state index in [0.29, 0.717) is 35.9 Å². The summed E-state index contributed by atoms with van der Waals surface area (Å²) in [7, 11) is 0. The zero-order valence-corrected chi connectivity index (χ0v) is 17.8. The average Bonchev–Trinajstić information content (AvgIpc) is 3.34. The summed E-state index contributed by atoms with van der Waals surface area (Å²) in [6, 6.07) is 9.39. The summed E-state index contributed by atoms with van der Waals surface area (Å²) < 4.78 is 7.41. The van der Waals surface area contributed by atoms with Gasteiger partial charge in [0.25, 0.3) is 0 Å². The Morgan fingerprint density at radius 2 is 2.18 bits per heavy atom. The number of fused-ring (bicyclic) bond motifs is 1. The predicted octanol–water partition coefficient (Wildman–Crippen LogP) is 2.31. The minimum absolute atomic E-state index is 0.00575. The lowest BCUT2D eigenvalue weighted by Gasteiger charge is -2.32. The van der Waals surface area contributed by atoms with Crippen LogP contribution < -0.4 is 16.0 Å². The Hall–Kier alpha value is -4.02. The molecule has 33 heavy (non-hydrogen) atoms. The molecule has 1 atom stereocenters. The number of rotatable bonds is 6. The van der Waals surface area contributed by atoms with Crippen LogP contribution >= 0.6 is 0 Å². The molecule has 1 aliphatic heterocycles. The number of aliphatic hydroxyl groups is 1. The molecule has 1 saturated heterocycles. The number of imidazole rings is 1. The van der Waals surface area contributed by atoms with Gasteiger partial charge in [0.05, 0.1) is 36.9 Å². The topological polar surface area (TPSA) is 138 Å². The molecular formula is C23H24N8O2. The van der Waals surface area contributed by atoms with Gasteiger partial charge in [-0.15, -0.1) is 0 Å². The van der Waals surface area contributed by atoms with Crippen molar-refractivity contribution in [2.75, 3.05) is 42.3 Å². The van der Waals surface area contributed by atoms with E-state index in [4.69, 9.17) is 20.9 Å². The van der Waals surface area contributed by atoms with E-state index in [1.807, 2.05) is 41.1 Å². The summed E-state index contributed by atoms with van der Waals surface area (Å²) >= 11 is 0. The number of hydrogen-bond donors (Lipinski definition) is 4. The van der Waals surface area contributed by atoms with E-state index >= 15 is 0 Å². The lowest BCUT2D eigenvalue weighted by molar-refractivity contribution is 0.00336. The van der Waals surface area contributed by atoms with E-state index in [-0.39, 0.29) is 12.7 Å². The van der Waals surface area contributed by atoms with E-state index in [1.165, 1.54) is 6.21 Å².